The van der Waals surface area contributed by atoms with Crippen LogP contribution < -0.4 is 16.4 Å². The van der Waals surface area contributed by atoms with E-state index in [9.17, 15) is 9.59 Å². The molecular formula is C20H41ClN4O3. The van der Waals surface area contributed by atoms with E-state index in [2.05, 4.69) is 17.6 Å². The topological polar surface area (TPSA) is 128 Å². The van der Waals surface area contributed by atoms with Gasteiger partial charge in [0, 0.05) is 18.8 Å². The summed E-state index contributed by atoms with van der Waals surface area (Å²) in [6.07, 6.45) is 11.9. The van der Waals surface area contributed by atoms with Crippen molar-refractivity contribution in [1.82, 2.24) is 10.6 Å². The van der Waals surface area contributed by atoms with E-state index in [1.54, 1.807) is 0 Å². The number of amides is 1. The number of carboxylic acids is 1. The van der Waals surface area contributed by atoms with Crippen LogP contribution in [0.2, 0.25) is 0 Å². The highest BCUT2D eigenvalue weighted by atomic mass is 35.5. The Hall–Kier alpha value is -1.50. The number of halogens is 1. The monoisotopic (exact) mass is 420 g/mol. The van der Waals surface area contributed by atoms with E-state index in [1.165, 1.54) is 38.5 Å². The number of nitrogens with two attached hydrogens (primary N) is 1. The van der Waals surface area contributed by atoms with E-state index in [0.29, 0.717) is 25.8 Å². The lowest BCUT2D eigenvalue weighted by atomic mass is 10.1. The summed E-state index contributed by atoms with van der Waals surface area (Å²) in [5, 5.41) is 21.4. The van der Waals surface area contributed by atoms with Crippen LogP contribution in [0.3, 0.4) is 0 Å². The second kappa shape index (κ2) is 21.8. The molecule has 1 amide bonds. The largest absolute Gasteiger partial charge is 0.480 e. The van der Waals surface area contributed by atoms with Crippen LogP contribution in [0.1, 0.15) is 90.9 Å². The number of carbonyl (C=O) groups excluding carboxylic acids is 1. The number of guanidine groups is 1. The minimum absolute atomic E-state index is 0.138. The van der Waals surface area contributed by atoms with E-state index >= 15 is 0 Å². The summed E-state index contributed by atoms with van der Waals surface area (Å²) in [7, 11) is 0. The number of aliphatic carboxylic acids is 1. The zero-order valence-corrected chi connectivity index (χ0v) is 18.5. The molecule has 0 rings (SSSR count). The minimum atomic E-state index is -1.02. The number of hydrogen-bond acceptors (Lipinski definition) is 3. The van der Waals surface area contributed by atoms with Crippen LogP contribution in [0.25, 0.3) is 0 Å². The Kier molecular flexibility index (Phi) is 22.3. The number of unbranched alkanes of at least 4 members (excludes halogenated alkanes) is 8. The van der Waals surface area contributed by atoms with Crippen molar-refractivity contribution in [3.8, 4) is 0 Å². The summed E-state index contributed by atoms with van der Waals surface area (Å²) in [5.41, 5.74) is 5.16. The molecule has 6 N–H and O–H groups in total. The van der Waals surface area contributed by atoms with Gasteiger partial charge in [-0.15, -0.1) is 11.6 Å². The molecule has 0 aromatic rings. The third-order valence-electron chi connectivity index (χ3n) is 4.13. The van der Waals surface area contributed by atoms with Crippen LogP contribution >= 0.6 is 11.6 Å². The molecule has 7 nitrogen and oxygen atoms in total. The van der Waals surface area contributed by atoms with Crippen LogP contribution in [0.15, 0.2) is 0 Å². The van der Waals surface area contributed by atoms with Gasteiger partial charge < -0.3 is 21.5 Å². The second-order valence-electron chi connectivity index (χ2n) is 6.79. The van der Waals surface area contributed by atoms with Crippen molar-refractivity contribution in [2.24, 2.45) is 5.73 Å². The Morgan fingerprint density at radius 1 is 1.00 bits per heavy atom. The summed E-state index contributed by atoms with van der Waals surface area (Å²) in [6, 6.07) is -0.875. The van der Waals surface area contributed by atoms with E-state index in [0.717, 1.165) is 25.1 Å². The van der Waals surface area contributed by atoms with Crippen molar-refractivity contribution in [3.05, 3.63) is 0 Å². The lowest BCUT2D eigenvalue weighted by Crippen LogP contribution is -2.41. The van der Waals surface area contributed by atoms with Crippen LogP contribution in [0.4, 0.5) is 0 Å². The highest BCUT2D eigenvalue weighted by Crippen LogP contribution is 2.10. The molecule has 0 bridgehead atoms. The molecular weight excluding hydrogens is 380 g/mol. The van der Waals surface area contributed by atoms with Gasteiger partial charge in [-0.25, -0.2) is 4.79 Å². The maximum atomic E-state index is 11.9. The van der Waals surface area contributed by atoms with Crippen molar-refractivity contribution in [3.63, 3.8) is 0 Å². The lowest BCUT2D eigenvalue weighted by molar-refractivity contribution is -0.142. The summed E-state index contributed by atoms with van der Waals surface area (Å²) in [5.74, 6) is -0.639. The Balaban J connectivity index is 0. The van der Waals surface area contributed by atoms with Gasteiger partial charge in [0.25, 0.3) is 0 Å². The first-order valence-corrected chi connectivity index (χ1v) is 11.1. The zero-order chi connectivity index (χ0) is 21.6. The summed E-state index contributed by atoms with van der Waals surface area (Å²) in [6.45, 7) is 4.53. The van der Waals surface area contributed by atoms with Gasteiger partial charge in [0.2, 0.25) is 5.91 Å². The lowest BCUT2D eigenvalue weighted by Gasteiger charge is -2.14. The van der Waals surface area contributed by atoms with Gasteiger partial charge >= 0.3 is 5.97 Å². The molecule has 0 aromatic heterocycles. The number of carboxylic acid groups (broad SMARTS) is 1. The van der Waals surface area contributed by atoms with Crippen LogP contribution in [0.5, 0.6) is 0 Å². The number of alkyl halides is 1. The highest BCUT2D eigenvalue weighted by Gasteiger charge is 2.18. The molecule has 0 fully saturated rings. The molecule has 0 aliphatic heterocycles. The Morgan fingerprint density at radius 3 is 1.96 bits per heavy atom. The van der Waals surface area contributed by atoms with Crippen LogP contribution in [0, 0.1) is 5.41 Å². The predicted octanol–water partition coefficient (Wildman–Crippen LogP) is 3.99. The fourth-order valence-electron chi connectivity index (χ4n) is 2.65. The van der Waals surface area contributed by atoms with Crippen LogP contribution in [-0.4, -0.2) is 41.4 Å². The SMILES string of the molecule is CCCCCCCCCCCC(=O)NC(CCCNC(=N)N)C(=O)O.CCCl. The maximum Gasteiger partial charge on any atom is 0.326 e. The maximum absolute atomic E-state index is 11.9. The van der Waals surface area contributed by atoms with E-state index in [1.807, 2.05) is 6.92 Å². The molecule has 1 atom stereocenters. The summed E-state index contributed by atoms with van der Waals surface area (Å²) < 4.78 is 0. The van der Waals surface area contributed by atoms with Crippen LogP contribution in [-0.2, 0) is 9.59 Å². The third-order valence-corrected chi connectivity index (χ3v) is 4.13. The Bertz CT molecular complexity index is 409. The van der Waals surface area contributed by atoms with E-state index < -0.39 is 12.0 Å². The standard InChI is InChI=1S/C18H36N4O3.C2H5Cl/c1-2-3-4-5-6-7-8-9-10-13-16(23)22-15(17(24)25)12-11-14-21-18(19)20;1-2-3/h15H,2-14H2,1H3,(H,22,23)(H,24,25)(H4,19,20,21);2H2,1H3. The second-order valence-corrected chi connectivity index (χ2v) is 7.32. The molecule has 0 aliphatic rings. The fraction of sp³-hybridized carbons (Fsp3) is 0.850. The Morgan fingerprint density at radius 2 is 1.50 bits per heavy atom. The molecule has 28 heavy (non-hydrogen) atoms. The first kappa shape index (κ1) is 28.7. The third kappa shape index (κ3) is 22.5. The molecule has 166 valence electrons. The molecule has 0 saturated heterocycles. The quantitative estimate of drug-likeness (QED) is 0.112. The molecule has 1 unspecified atom stereocenters. The minimum Gasteiger partial charge on any atom is -0.480 e. The fourth-order valence-corrected chi connectivity index (χ4v) is 2.65. The molecule has 0 spiro atoms. The van der Waals surface area contributed by atoms with Crippen molar-refractivity contribution in [2.45, 2.75) is 96.9 Å². The molecule has 0 heterocycles. The molecule has 0 aromatic carbocycles. The molecule has 0 aliphatic carbocycles. The Labute approximate surface area is 175 Å². The van der Waals surface area contributed by atoms with Gasteiger partial charge in [0.15, 0.2) is 5.96 Å². The van der Waals surface area contributed by atoms with Crippen molar-refractivity contribution in [2.75, 3.05) is 12.4 Å². The molecule has 8 heteroatoms. The van der Waals surface area contributed by atoms with E-state index in [-0.39, 0.29) is 11.9 Å². The van der Waals surface area contributed by atoms with Gasteiger partial charge in [-0.2, -0.15) is 0 Å². The predicted molar refractivity (Wildman–Crippen MR) is 117 cm³/mol. The van der Waals surface area contributed by atoms with Gasteiger partial charge in [-0.1, -0.05) is 65.2 Å². The van der Waals surface area contributed by atoms with Gasteiger partial charge in [-0.05, 0) is 19.3 Å². The number of carbonyl (C=O) groups is 2. The summed E-state index contributed by atoms with van der Waals surface area (Å²) >= 11 is 5.00. The van der Waals surface area contributed by atoms with Gasteiger partial charge in [0.1, 0.15) is 6.04 Å². The number of hydrogen-bond donors (Lipinski definition) is 5. The highest BCUT2D eigenvalue weighted by molar-refractivity contribution is 6.17. The number of nitrogens with one attached hydrogen (secondary N) is 3. The average molecular weight is 421 g/mol. The van der Waals surface area contributed by atoms with Crippen molar-refractivity contribution in [1.29, 1.82) is 5.41 Å². The molecule has 0 radical (unpaired) electrons. The van der Waals surface area contributed by atoms with Gasteiger partial charge in [0.05, 0.1) is 0 Å². The zero-order valence-electron chi connectivity index (χ0n) is 17.7. The van der Waals surface area contributed by atoms with Crippen molar-refractivity contribution < 1.29 is 14.7 Å². The summed E-state index contributed by atoms with van der Waals surface area (Å²) in [4.78, 5) is 23.0. The first-order valence-electron chi connectivity index (χ1n) is 10.5. The number of rotatable bonds is 16. The smallest absolute Gasteiger partial charge is 0.326 e. The molecule has 0 saturated carbocycles. The normalized spacial score (nSPS) is 11.1. The van der Waals surface area contributed by atoms with E-state index in [4.69, 9.17) is 27.9 Å². The first-order chi connectivity index (χ1) is 13.4. The average Bonchev–Trinajstić information content (AvgIpc) is 2.63. The van der Waals surface area contributed by atoms with Gasteiger partial charge in [-0.3, -0.25) is 10.2 Å². The van der Waals surface area contributed by atoms with Crippen molar-refractivity contribution >= 4 is 29.4 Å².